The van der Waals surface area contributed by atoms with E-state index >= 15 is 0 Å². The van der Waals surface area contributed by atoms with Gasteiger partial charge in [-0.2, -0.15) is 0 Å². The molecule has 1 aliphatic heterocycles. The molecule has 2 rings (SSSR count). The molecule has 150 valence electrons. The number of para-hydroxylation sites is 1. The number of benzene rings is 1. The number of carbonyl (C=O) groups is 2. The molecule has 9 heteroatoms. The van der Waals surface area contributed by atoms with Crippen LogP contribution in [0.2, 0.25) is 0 Å². The normalized spacial score (nSPS) is 16.5. The fraction of sp³-hybridized carbons (Fsp3) is 0.368. The summed E-state index contributed by atoms with van der Waals surface area (Å²) in [7, 11) is 1.11. The lowest BCUT2D eigenvalue weighted by Gasteiger charge is -2.30. The second kappa shape index (κ2) is 9.12. The Kier molecular flexibility index (Phi) is 6.86. The molecule has 0 saturated carbocycles. The fourth-order valence-electron chi connectivity index (χ4n) is 3.10. The molecule has 0 aromatic heterocycles. The van der Waals surface area contributed by atoms with Gasteiger partial charge in [0.15, 0.2) is 0 Å². The molecule has 0 radical (unpaired) electrons. The van der Waals surface area contributed by atoms with Crippen molar-refractivity contribution in [1.82, 2.24) is 5.32 Å². The summed E-state index contributed by atoms with van der Waals surface area (Å²) in [4.78, 5) is 36.1. The molecule has 1 heterocycles. The van der Waals surface area contributed by atoms with E-state index in [1.54, 1.807) is 6.07 Å². The second-order valence-electron chi connectivity index (χ2n) is 6.07. The molecule has 1 aromatic rings. The predicted molar refractivity (Wildman–Crippen MR) is 97.9 cm³/mol. The SMILES string of the molecule is CCCOC(=O)C1=C(C)NC(CF)=C(C(=O)OC)C1c1ccccc1[N+](=O)[O-]. The molecule has 0 fully saturated rings. The Morgan fingerprint density at radius 2 is 1.93 bits per heavy atom. The van der Waals surface area contributed by atoms with Crippen LogP contribution in [-0.2, 0) is 19.1 Å². The number of dihydropyridines is 1. The molecule has 28 heavy (non-hydrogen) atoms. The highest BCUT2D eigenvalue weighted by molar-refractivity contribution is 6.00. The number of carbonyl (C=O) groups excluding carboxylic acids is 2. The van der Waals surface area contributed by atoms with Crippen molar-refractivity contribution in [2.24, 2.45) is 0 Å². The van der Waals surface area contributed by atoms with Crippen molar-refractivity contribution in [3.05, 3.63) is 62.5 Å². The number of methoxy groups -OCH3 is 1. The first-order valence-corrected chi connectivity index (χ1v) is 8.62. The van der Waals surface area contributed by atoms with E-state index in [1.165, 1.54) is 25.1 Å². The Morgan fingerprint density at radius 1 is 1.25 bits per heavy atom. The maximum atomic E-state index is 13.7. The lowest BCUT2D eigenvalue weighted by molar-refractivity contribution is -0.385. The average Bonchev–Trinajstić information content (AvgIpc) is 2.70. The fourth-order valence-corrected chi connectivity index (χ4v) is 3.10. The molecule has 1 N–H and O–H groups in total. The number of nitrogens with one attached hydrogen (secondary N) is 1. The van der Waals surface area contributed by atoms with E-state index in [0.717, 1.165) is 7.11 Å². The van der Waals surface area contributed by atoms with Crippen LogP contribution in [0.25, 0.3) is 0 Å². The molecular weight excluding hydrogens is 371 g/mol. The highest BCUT2D eigenvalue weighted by Gasteiger charge is 2.41. The zero-order valence-corrected chi connectivity index (χ0v) is 15.8. The van der Waals surface area contributed by atoms with Gasteiger partial charge in [0.25, 0.3) is 5.69 Å². The van der Waals surface area contributed by atoms with Crippen molar-refractivity contribution in [2.75, 3.05) is 20.4 Å². The summed E-state index contributed by atoms with van der Waals surface area (Å²) in [6.45, 7) is 2.42. The van der Waals surface area contributed by atoms with Crippen LogP contribution in [-0.4, -0.2) is 37.3 Å². The van der Waals surface area contributed by atoms with Crippen LogP contribution >= 0.6 is 0 Å². The second-order valence-corrected chi connectivity index (χ2v) is 6.07. The molecule has 1 aliphatic rings. The average molecular weight is 392 g/mol. The van der Waals surface area contributed by atoms with Gasteiger partial charge < -0.3 is 14.8 Å². The Hall–Kier alpha value is -3.23. The van der Waals surface area contributed by atoms with Crippen LogP contribution in [0, 0.1) is 10.1 Å². The van der Waals surface area contributed by atoms with Gasteiger partial charge in [0, 0.05) is 17.3 Å². The van der Waals surface area contributed by atoms with E-state index in [-0.39, 0.29) is 40.4 Å². The van der Waals surface area contributed by atoms with E-state index in [4.69, 9.17) is 9.47 Å². The minimum Gasteiger partial charge on any atom is -0.466 e. The largest absolute Gasteiger partial charge is 0.466 e. The Bertz CT molecular complexity index is 862. The van der Waals surface area contributed by atoms with E-state index in [1.807, 2.05) is 6.92 Å². The maximum Gasteiger partial charge on any atom is 0.336 e. The lowest BCUT2D eigenvalue weighted by atomic mass is 9.79. The quantitative estimate of drug-likeness (QED) is 0.432. The molecule has 8 nitrogen and oxygen atoms in total. The number of alkyl halides is 1. The number of esters is 2. The molecule has 1 unspecified atom stereocenters. The van der Waals surface area contributed by atoms with Crippen molar-refractivity contribution in [1.29, 1.82) is 0 Å². The van der Waals surface area contributed by atoms with Gasteiger partial charge in [-0.1, -0.05) is 25.1 Å². The highest BCUT2D eigenvalue weighted by Crippen LogP contribution is 2.42. The van der Waals surface area contributed by atoms with Gasteiger partial charge in [0.2, 0.25) is 0 Å². The van der Waals surface area contributed by atoms with E-state index in [2.05, 4.69) is 5.32 Å². The van der Waals surface area contributed by atoms with Gasteiger partial charge in [-0.15, -0.1) is 0 Å². The minimum atomic E-state index is -1.20. The standard InChI is InChI=1S/C19H21FN2O6/c1-4-9-28-19(24)15-11(2)21-13(10-20)17(18(23)27-3)16(15)12-7-5-6-8-14(12)22(25)26/h5-8,16,21H,4,9-10H2,1-3H3. The number of nitro benzene ring substituents is 1. The van der Waals surface area contributed by atoms with Gasteiger partial charge in [-0.25, -0.2) is 14.0 Å². The summed E-state index contributed by atoms with van der Waals surface area (Å²) in [5, 5.41) is 14.2. The zero-order valence-electron chi connectivity index (χ0n) is 15.8. The van der Waals surface area contributed by atoms with Crippen molar-refractivity contribution < 1.29 is 28.4 Å². The molecule has 0 saturated heterocycles. The monoisotopic (exact) mass is 392 g/mol. The number of halogens is 1. The summed E-state index contributed by atoms with van der Waals surface area (Å²) in [5.41, 5.74) is -0.288. The third-order valence-electron chi connectivity index (χ3n) is 4.29. The third kappa shape index (κ3) is 4.03. The van der Waals surface area contributed by atoms with Crippen molar-refractivity contribution in [2.45, 2.75) is 26.2 Å². The third-order valence-corrected chi connectivity index (χ3v) is 4.29. The van der Waals surface area contributed by atoms with Gasteiger partial charge in [0.05, 0.1) is 41.4 Å². The Morgan fingerprint density at radius 3 is 2.50 bits per heavy atom. The summed E-state index contributed by atoms with van der Waals surface area (Å²) in [6.07, 6.45) is 0.567. The molecule has 0 amide bonds. The van der Waals surface area contributed by atoms with Crippen LogP contribution in [0.4, 0.5) is 10.1 Å². The summed E-state index contributed by atoms with van der Waals surface area (Å²) in [6, 6.07) is 5.68. The number of allylic oxidation sites excluding steroid dienone is 2. The topological polar surface area (TPSA) is 108 Å². The van der Waals surface area contributed by atoms with Crippen LogP contribution in [0.1, 0.15) is 31.7 Å². The van der Waals surface area contributed by atoms with Crippen molar-refractivity contribution in [3.63, 3.8) is 0 Å². The van der Waals surface area contributed by atoms with Gasteiger partial charge >= 0.3 is 11.9 Å². The van der Waals surface area contributed by atoms with Crippen LogP contribution in [0.5, 0.6) is 0 Å². The molecule has 1 aromatic carbocycles. The van der Waals surface area contributed by atoms with E-state index < -0.39 is 29.5 Å². The predicted octanol–water partition coefficient (Wildman–Crippen LogP) is 2.91. The molecule has 0 spiro atoms. The van der Waals surface area contributed by atoms with Crippen molar-refractivity contribution in [3.8, 4) is 0 Å². The summed E-state index contributed by atoms with van der Waals surface area (Å²) in [5.74, 6) is -2.84. The maximum absolute atomic E-state index is 13.7. The van der Waals surface area contributed by atoms with Crippen LogP contribution < -0.4 is 5.32 Å². The summed E-state index contributed by atoms with van der Waals surface area (Å²) >= 11 is 0. The number of hydrogen-bond acceptors (Lipinski definition) is 7. The van der Waals surface area contributed by atoms with Gasteiger partial charge in [0.1, 0.15) is 6.67 Å². The smallest absolute Gasteiger partial charge is 0.336 e. The highest BCUT2D eigenvalue weighted by atomic mass is 19.1. The van der Waals surface area contributed by atoms with Crippen LogP contribution in [0.15, 0.2) is 46.8 Å². The van der Waals surface area contributed by atoms with E-state index in [0.29, 0.717) is 6.42 Å². The first kappa shape index (κ1) is 21.1. The van der Waals surface area contributed by atoms with Crippen LogP contribution in [0.3, 0.4) is 0 Å². The molecule has 1 atom stereocenters. The Labute approximate surface area is 161 Å². The zero-order chi connectivity index (χ0) is 20.8. The number of nitrogens with zero attached hydrogens (tertiary/aromatic N) is 1. The van der Waals surface area contributed by atoms with Gasteiger partial charge in [-0.05, 0) is 13.3 Å². The molecule has 0 bridgehead atoms. The molecular formula is C19H21FN2O6. The first-order valence-electron chi connectivity index (χ1n) is 8.62. The summed E-state index contributed by atoms with van der Waals surface area (Å²) < 4.78 is 23.7. The van der Waals surface area contributed by atoms with Gasteiger partial charge in [-0.3, -0.25) is 10.1 Å². The van der Waals surface area contributed by atoms with E-state index in [9.17, 15) is 24.1 Å². The number of ether oxygens (including phenoxy) is 2. The number of rotatable bonds is 7. The minimum absolute atomic E-state index is 0.000324. The first-order chi connectivity index (χ1) is 13.4. The lowest BCUT2D eigenvalue weighted by Crippen LogP contribution is -2.34. The number of nitro groups is 1. The van der Waals surface area contributed by atoms with Crippen molar-refractivity contribution >= 4 is 17.6 Å². The molecule has 0 aliphatic carbocycles. The number of hydrogen-bond donors (Lipinski definition) is 1. The Balaban J connectivity index is 2.77.